The lowest BCUT2D eigenvalue weighted by Crippen LogP contribution is -2.39. The third kappa shape index (κ3) is 1.22. The van der Waals surface area contributed by atoms with E-state index in [4.69, 9.17) is 0 Å². The molecule has 12 heavy (non-hydrogen) atoms. The third-order valence-corrected chi connectivity index (χ3v) is 3.11. The van der Waals surface area contributed by atoms with Crippen molar-refractivity contribution in [1.82, 2.24) is 10.2 Å². The first-order valence-electron chi connectivity index (χ1n) is 4.76. The minimum Gasteiger partial charge on any atom is -0.341 e. The van der Waals surface area contributed by atoms with Crippen LogP contribution >= 0.6 is 0 Å². The molecule has 3 nitrogen and oxygen atoms in total. The largest absolute Gasteiger partial charge is 0.341 e. The Bertz CT molecular complexity index is 179. The molecule has 1 N–H and O–H groups in total. The Hall–Kier alpha value is -0.570. The molecule has 1 amide bonds. The highest BCUT2D eigenvalue weighted by atomic mass is 16.2. The zero-order valence-corrected chi connectivity index (χ0v) is 7.55. The van der Waals surface area contributed by atoms with Crippen LogP contribution in [0.5, 0.6) is 0 Å². The van der Waals surface area contributed by atoms with Crippen molar-refractivity contribution in [1.29, 1.82) is 0 Å². The van der Waals surface area contributed by atoms with E-state index >= 15 is 0 Å². The number of rotatable bonds is 0. The number of carbonyl (C=O) groups is 1. The highest BCUT2D eigenvalue weighted by molar-refractivity contribution is 5.79. The molecule has 3 heteroatoms. The first kappa shape index (κ1) is 8.05. The normalized spacial score (nSPS) is 36.4. The lowest BCUT2D eigenvalue weighted by atomic mass is 10.0. The Morgan fingerprint density at radius 1 is 1.42 bits per heavy atom. The molecule has 0 aliphatic carbocycles. The van der Waals surface area contributed by atoms with Crippen molar-refractivity contribution >= 4 is 5.91 Å². The molecule has 2 atom stereocenters. The molecule has 68 valence electrons. The molecule has 2 bridgehead atoms. The van der Waals surface area contributed by atoms with Gasteiger partial charge in [0.2, 0.25) is 5.91 Å². The highest BCUT2D eigenvalue weighted by Gasteiger charge is 2.32. The van der Waals surface area contributed by atoms with Crippen LogP contribution in [0.25, 0.3) is 0 Å². The van der Waals surface area contributed by atoms with Gasteiger partial charge in [-0.05, 0) is 12.8 Å². The standard InChI is InChI=1S/C9H16N2O/c1-11-8-4-2-3-7(9(11)12)5-10-6-8/h7-8,10H,2-6H2,1H3/t7-,8+/m1/s1. The maximum absolute atomic E-state index is 11.7. The molecule has 0 aromatic rings. The maximum atomic E-state index is 11.7. The minimum absolute atomic E-state index is 0.252. The third-order valence-electron chi connectivity index (χ3n) is 3.11. The maximum Gasteiger partial charge on any atom is 0.226 e. The molecule has 0 unspecified atom stereocenters. The van der Waals surface area contributed by atoms with E-state index in [2.05, 4.69) is 5.32 Å². The second-order valence-electron chi connectivity index (χ2n) is 3.89. The van der Waals surface area contributed by atoms with Crippen LogP contribution in [-0.2, 0) is 4.79 Å². The van der Waals surface area contributed by atoms with Crippen LogP contribution in [0.1, 0.15) is 19.3 Å². The quantitative estimate of drug-likeness (QED) is 0.561. The average molecular weight is 168 g/mol. The van der Waals surface area contributed by atoms with Gasteiger partial charge in [0, 0.05) is 26.2 Å². The highest BCUT2D eigenvalue weighted by Crippen LogP contribution is 2.22. The van der Waals surface area contributed by atoms with Gasteiger partial charge in [-0.3, -0.25) is 4.79 Å². The summed E-state index contributed by atoms with van der Waals surface area (Å²) in [5.41, 5.74) is 0. The molecule has 0 saturated carbocycles. The van der Waals surface area contributed by atoms with Gasteiger partial charge in [-0.2, -0.15) is 0 Å². The van der Waals surface area contributed by atoms with Gasteiger partial charge >= 0.3 is 0 Å². The summed E-state index contributed by atoms with van der Waals surface area (Å²) in [6.07, 6.45) is 3.46. The van der Waals surface area contributed by atoms with Crippen molar-refractivity contribution in [2.75, 3.05) is 20.1 Å². The van der Waals surface area contributed by atoms with Crippen molar-refractivity contribution in [3.63, 3.8) is 0 Å². The number of nitrogens with one attached hydrogen (secondary N) is 1. The monoisotopic (exact) mass is 168 g/mol. The smallest absolute Gasteiger partial charge is 0.226 e. The number of carbonyl (C=O) groups excluding carboxylic acids is 1. The second-order valence-corrected chi connectivity index (χ2v) is 3.89. The summed E-state index contributed by atoms with van der Waals surface area (Å²) in [6.45, 7) is 1.87. The lowest BCUT2D eigenvalue weighted by molar-refractivity contribution is -0.134. The summed E-state index contributed by atoms with van der Waals surface area (Å²) in [7, 11) is 1.94. The van der Waals surface area contributed by atoms with Crippen LogP contribution in [0.4, 0.5) is 0 Å². The fourth-order valence-electron chi connectivity index (χ4n) is 2.24. The van der Waals surface area contributed by atoms with Crippen molar-refractivity contribution in [3.8, 4) is 0 Å². The van der Waals surface area contributed by atoms with Crippen molar-refractivity contribution in [3.05, 3.63) is 0 Å². The Kier molecular flexibility index (Phi) is 2.05. The van der Waals surface area contributed by atoms with Gasteiger partial charge in [-0.1, -0.05) is 6.42 Å². The van der Waals surface area contributed by atoms with Crippen LogP contribution in [0.3, 0.4) is 0 Å². The zero-order valence-electron chi connectivity index (χ0n) is 7.55. The zero-order chi connectivity index (χ0) is 8.55. The van der Waals surface area contributed by atoms with Gasteiger partial charge in [-0.25, -0.2) is 0 Å². The molecule has 2 saturated heterocycles. The van der Waals surface area contributed by atoms with E-state index in [0.29, 0.717) is 11.9 Å². The Balaban J connectivity index is 2.22. The van der Waals surface area contributed by atoms with Gasteiger partial charge in [0.15, 0.2) is 0 Å². The molecular formula is C9H16N2O. The van der Waals surface area contributed by atoms with Gasteiger partial charge in [0.1, 0.15) is 0 Å². The number of hydrogen-bond donors (Lipinski definition) is 1. The molecule has 0 aromatic carbocycles. The van der Waals surface area contributed by atoms with E-state index in [0.717, 1.165) is 19.5 Å². The summed E-state index contributed by atoms with van der Waals surface area (Å²) in [5.74, 6) is 0.602. The number of fused-ring (bicyclic) bond motifs is 3. The SMILES string of the molecule is CN1C(=O)[C@@H]2CCC[C@H]1CNC2. The number of likely N-dealkylation sites (N-methyl/N-ethyl adjacent to an activating group) is 1. The minimum atomic E-state index is 0.252. The van der Waals surface area contributed by atoms with Crippen LogP contribution in [0, 0.1) is 5.92 Å². The van der Waals surface area contributed by atoms with Crippen molar-refractivity contribution in [2.45, 2.75) is 25.3 Å². The molecule has 0 radical (unpaired) electrons. The van der Waals surface area contributed by atoms with E-state index in [1.54, 1.807) is 0 Å². The summed E-state index contributed by atoms with van der Waals surface area (Å²) in [6, 6.07) is 0.449. The van der Waals surface area contributed by atoms with Crippen LogP contribution in [0.2, 0.25) is 0 Å². The van der Waals surface area contributed by atoms with Gasteiger partial charge in [-0.15, -0.1) is 0 Å². The van der Waals surface area contributed by atoms with Crippen LogP contribution < -0.4 is 5.32 Å². The fourth-order valence-corrected chi connectivity index (χ4v) is 2.24. The van der Waals surface area contributed by atoms with Crippen molar-refractivity contribution < 1.29 is 4.79 Å². The molecule has 2 fully saturated rings. The van der Waals surface area contributed by atoms with Gasteiger partial charge < -0.3 is 10.2 Å². The summed E-state index contributed by atoms with van der Waals surface area (Å²) in [4.78, 5) is 13.7. The van der Waals surface area contributed by atoms with Crippen LogP contribution in [0.15, 0.2) is 0 Å². The van der Waals surface area contributed by atoms with Crippen LogP contribution in [-0.4, -0.2) is 37.0 Å². The Labute approximate surface area is 73.1 Å². The molecule has 2 rings (SSSR count). The van der Waals surface area contributed by atoms with E-state index in [9.17, 15) is 4.79 Å². The lowest BCUT2D eigenvalue weighted by Gasteiger charge is -2.24. The summed E-state index contributed by atoms with van der Waals surface area (Å²) >= 11 is 0. The average Bonchev–Trinajstić information content (AvgIpc) is 2.19. The fraction of sp³-hybridized carbons (Fsp3) is 0.889. The van der Waals surface area contributed by atoms with E-state index in [1.807, 2.05) is 11.9 Å². The number of hydrogen-bond acceptors (Lipinski definition) is 2. The van der Waals surface area contributed by atoms with E-state index in [1.165, 1.54) is 12.8 Å². The Morgan fingerprint density at radius 3 is 3.08 bits per heavy atom. The topological polar surface area (TPSA) is 32.3 Å². The number of amides is 1. The first-order valence-corrected chi connectivity index (χ1v) is 4.76. The van der Waals surface area contributed by atoms with Gasteiger partial charge in [0.05, 0.1) is 5.92 Å². The predicted molar refractivity (Wildman–Crippen MR) is 46.8 cm³/mol. The first-order chi connectivity index (χ1) is 5.79. The molecule has 2 heterocycles. The molecule has 2 aliphatic heterocycles. The summed E-state index contributed by atoms with van der Waals surface area (Å²) in [5, 5.41) is 3.35. The summed E-state index contributed by atoms with van der Waals surface area (Å²) < 4.78 is 0. The van der Waals surface area contributed by atoms with Crippen molar-refractivity contribution in [2.24, 2.45) is 5.92 Å². The molecular weight excluding hydrogens is 152 g/mol. The predicted octanol–water partition coefficient (Wildman–Crippen LogP) is 0.217. The number of nitrogens with zero attached hydrogens (tertiary/aromatic N) is 1. The van der Waals surface area contributed by atoms with E-state index < -0.39 is 0 Å². The molecule has 0 spiro atoms. The molecule has 0 aromatic heterocycles. The second kappa shape index (κ2) is 3.05. The van der Waals surface area contributed by atoms with Gasteiger partial charge in [0.25, 0.3) is 0 Å². The van der Waals surface area contributed by atoms with E-state index in [-0.39, 0.29) is 5.92 Å². The molecule has 2 aliphatic rings. The Morgan fingerprint density at radius 2 is 2.25 bits per heavy atom.